The van der Waals surface area contributed by atoms with E-state index in [2.05, 4.69) is 15.0 Å². The van der Waals surface area contributed by atoms with Crippen molar-refractivity contribution < 1.29 is 4.79 Å². The third-order valence-corrected chi connectivity index (χ3v) is 5.06. The molecule has 6 heteroatoms. The van der Waals surface area contributed by atoms with E-state index < -0.39 is 0 Å². The third kappa shape index (κ3) is 3.22. The molecule has 1 N–H and O–H groups in total. The summed E-state index contributed by atoms with van der Waals surface area (Å²) in [4.78, 5) is 26.9. The highest BCUT2D eigenvalue weighted by Gasteiger charge is 2.31. The van der Waals surface area contributed by atoms with Crippen molar-refractivity contribution in [3.8, 4) is 11.3 Å². The van der Waals surface area contributed by atoms with Crippen LogP contribution in [0.3, 0.4) is 0 Å². The van der Waals surface area contributed by atoms with Gasteiger partial charge < -0.3 is 9.88 Å². The monoisotopic (exact) mass is 366 g/mol. The van der Waals surface area contributed by atoms with Crippen LogP contribution in [0.5, 0.6) is 0 Å². The summed E-state index contributed by atoms with van der Waals surface area (Å²) in [7, 11) is 0. The van der Waals surface area contributed by atoms with Crippen molar-refractivity contribution >= 4 is 17.5 Å². The number of piperidine rings is 1. The molecule has 132 valence electrons. The van der Waals surface area contributed by atoms with Crippen molar-refractivity contribution in [3.63, 3.8) is 0 Å². The largest absolute Gasteiger partial charge is 0.340 e. The average molecular weight is 367 g/mol. The lowest BCUT2D eigenvalue weighted by molar-refractivity contribution is 0.0601. The van der Waals surface area contributed by atoms with E-state index in [1.807, 2.05) is 41.4 Å². The van der Waals surface area contributed by atoms with Crippen LogP contribution in [-0.4, -0.2) is 32.3 Å². The summed E-state index contributed by atoms with van der Waals surface area (Å²) in [6.07, 6.45) is 7.88. The molecule has 4 rings (SSSR count). The van der Waals surface area contributed by atoms with Gasteiger partial charge >= 0.3 is 0 Å². The molecule has 1 aliphatic heterocycles. The van der Waals surface area contributed by atoms with E-state index >= 15 is 0 Å². The minimum atomic E-state index is -0.0713. The molecule has 0 spiro atoms. The average Bonchev–Trinajstić information content (AvgIpc) is 3.19. The van der Waals surface area contributed by atoms with Crippen molar-refractivity contribution in [2.24, 2.45) is 0 Å². The molecule has 1 aliphatic rings. The molecule has 3 heterocycles. The van der Waals surface area contributed by atoms with E-state index in [0.29, 0.717) is 17.1 Å². The molecule has 0 aliphatic carbocycles. The summed E-state index contributed by atoms with van der Waals surface area (Å²) in [5.74, 6) is 0.752. The zero-order chi connectivity index (χ0) is 17.9. The second-order valence-corrected chi connectivity index (χ2v) is 6.82. The maximum Gasteiger partial charge on any atom is 0.256 e. The van der Waals surface area contributed by atoms with Gasteiger partial charge in [0, 0.05) is 18.9 Å². The van der Waals surface area contributed by atoms with Crippen LogP contribution in [0.4, 0.5) is 0 Å². The lowest BCUT2D eigenvalue weighted by atomic mass is 10.0. The number of aromatic amines is 1. The first-order chi connectivity index (χ1) is 12.7. The minimum absolute atomic E-state index is 0.0697. The Labute approximate surface area is 157 Å². The van der Waals surface area contributed by atoms with Gasteiger partial charge in [0.1, 0.15) is 5.82 Å². The van der Waals surface area contributed by atoms with Crippen LogP contribution >= 0.6 is 11.6 Å². The number of amides is 1. The molecular weight excluding hydrogens is 348 g/mol. The lowest BCUT2D eigenvalue weighted by Crippen LogP contribution is -2.39. The Bertz CT molecular complexity index is 909. The van der Waals surface area contributed by atoms with E-state index in [1.54, 1.807) is 12.3 Å². The number of halogens is 1. The summed E-state index contributed by atoms with van der Waals surface area (Å²) in [5.41, 5.74) is 2.53. The SMILES string of the molecule is O=C(c1ccncc1Cl)N1CCCCC1c1ncc(-c2ccccc2)[nH]1. The molecule has 5 nitrogen and oxygen atoms in total. The number of nitrogens with one attached hydrogen (secondary N) is 1. The van der Waals surface area contributed by atoms with Gasteiger partial charge in [0.05, 0.1) is 28.5 Å². The topological polar surface area (TPSA) is 61.9 Å². The number of carbonyl (C=O) groups is 1. The lowest BCUT2D eigenvalue weighted by Gasteiger charge is -2.34. The Morgan fingerprint density at radius 3 is 2.81 bits per heavy atom. The highest BCUT2D eigenvalue weighted by molar-refractivity contribution is 6.33. The number of hydrogen-bond donors (Lipinski definition) is 1. The second-order valence-electron chi connectivity index (χ2n) is 6.41. The predicted octanol–water partition coefficient (Wildman–Crippen LogP) is 4.49. The number of hydrogen-bond acceptors (Lipinski definition) is 3. The predicted molar refractivity (Wildman–Crippen MR) is 101 cm³/mol. The number of nitrogens with zero attached hydrogens (tertiary/aromatic N) is 3. The molecule has 1 fully saturated rings. The summed E-state index contributed by atoms with van der Waals surface area (Å²) in [6, 6.07) is 11.7. The first kappa shape index (κ1) is 16.8. The van der Waals surface area contributed by atoms with E-state index in [1.165, 1.54) is 6.20 Å². The zero-order valence-corrected chi connectivity index (χ0v) is 15.0. The third-order valence-electron chi connectivity index (χ3n) is 4.76. The fourth-order valence-electron chi connectivity index (χ4n) is 3.43. The van der Waals surface area contributed by atoms with Gasteiger partial charge in [-0.2, -0.15) is 0 Å². The van der Waals surface area contributed by atoms with Gasteiger partial charge in [-0.05, 0) is 30.9 Å². The molecule has 1 unspecified atom stereocenters. The highest BCUT2D eigenvalue weighted by Crippen LogP contribution is 2.32. The van der Waals surface area contributed by atoms with Crippen LogP contribution < -0.4 is 0 Å². The van der Waals surface area contributed by atoms with Crippen LogP contribution in [0.2, 0.25) is 5.02 Å². The molecule has 1 saturated heterocycles. The van der Waals surface area contributed by atoms with E-state index in [9.17, 15) is 4.79 Å². The van der Waals surface area contributed by atoms with Crippen molar-refractivity contribution in [2.45, 2.75) is 25.3 Å². The molecular formula is C20H19ClN4O. The molecule has 1 aromatic carbocycles. The molecule has 1 amide bonds. The minimum Gasteiger partial charge on any atom is -0.340 e. The summed E-state index contributed by atoms with van der Waals surface area (Å²) >= 11 is 6.18. The van der Waals surface area contributed by atoms with Gasteiger partial charge in [0.25, 0.3) is 5.91 Å². The van der Waals surface area contributed by atoms with Crippen molar-refractivity contribution in [1.29, 1.82) is 0 Å². The molecule has 26 heavy (non-hydrogen) atoms. The van der Waals surface area contributed by atoms with Gasteiger partial charge in [-0.1, -0.05) is 41.9 Å². The molecule has 1 atom stereocenters. The number of H-pyrrole nitrogens is 1. The quantitative estimate of drug-likeness (QED) is 0.742. The number of likely N-dealkylation sites (tertiary alicyclic amines) is 1. The van der Waals surface area contributed by atoms with Gasteiger partial charge in [-0.3, -0.25) is 9.78 Å². The molecule has 2 aromatic heterocycles. The summed E-state index contributed by atoms with van der Waals surface area (Å²) < 4.78 is 0. The molecule has 0 bridgehead atoms. The van der Waals surface area contributed by atoms with Gasteiger partial charge in [-0.25, -0.2) is 4.98 Å². The van der Waals surface area contributed by atoms with Gasteiger partial charge in [-0.15, -0.1) is 0 Å². The first-order valence-corrected chi connectivity index (χ1v) is 9.12. The van der Waals surface area contributed by atoms with Crippen LogP contribution in [0.1, 0.15) is 41.5 Å². The van der Waals surface area contributed by atoms with E-state index in [0.717, 1.165) is 36.3 Å². The Hall–Kier alpha value is -2.66. The smallest absolute Gasteiger partial charge is 0.256 e. The van der Waals surface area contributed by atoms with E-state index in [4.69, 9.17) is 11.6 Å². The zero-order valence-electron chi connectivity index (χ0n) is 14.2. The summed E-state index contributed by atoms with van der Waals surface area (Å²) in [6.45, 7) is 0.698. The number of rotatable bonds is 3. The Morgan fingerprint density at radius 1 is 1.15 bits per heavy atom. The Kier molecular flexibility index (Phi) is 4.71. The summed E-state index contributed by atoms with van der Waals surface area (Å²) in [5, 5.41) is 0.381. The fraction of sp³-hybridized carbons (Fsp3) is 0.250. The number of aromatic nitrogens is 3. The molecule has 3 aromatic rings. The highest BCUT2D eigenvalue weighted by atomic mass is 35.5. The fourth-order valence-corrected chi connectivity index (χ4v) is 3.63. The standard InChI is InChI=1S/C20H19ClN4O/c21-16-12-22-10-9-15(16)20(26)25-11-5-4-8-18(25)19-23-13-17(24-19)14-6-2-1-3-7-14/h1-3,6-7,9-10,12-13,18H,4-5,8,11H2,(H,23,24). The van der Waals surface area contributed by atoms with Gasteiger partial charge in [0.15, 0.2) is 0 Å². The second kappa shape index (κ2) is 7.30. The maximum atomic E-state index is 13.1. The van der Waals surface area contributed by atoms with Crippen LogP contribution in [0.25, 0.3) is 11.3 Å². The number of carbonyl (C=O) groups excluding carboxylic acids is 1. The normalized spacial score (nSPS) is 17.3. The van der Waals surface area contributed by atoms with Crippen molar-refractivity contribution in [2.75, 3.05) is 6.54 Å². The van der Waals surface area contributed by atoms with Crippen molar-refractivity contribution in [1.82, 2.24) is 19.9 Å². The molecule has 0 radical (unpaired) electrons. The van der Waals surface area contributed by atoms with E-state index in [-0.39, 0.29) is 11.9 Å². The Morgan fingerprint density at radius 2 is 2.00 bits per heavy atom. The number of pyridine rings is 1. The Balaban J connectivity index is 1.63. The number of benzene rings is 1. The van der Waals surface area contributed by atoms with Gasteiger partial charge in [0.2, 0.25) is 0 Å². The maximum absolute atomic E-state index is 13.1. The van der Waals surface area contributed by atoms with Crippen LogP contribution in [-0.2, 0) is 0 Å². The van der Waals surface area contributed by atoms with Crippen LogP contribution in [0, 0.1) is 0 Å². The first-order valence-electron chi connectivity index (χ1n) is 8.75. The molecule has 0 saturated carbocycles. The number of imidazole rings is 1. The van der Waals surface area contributed by atoms with Crippen molar-refractivity contribution in [3.05, 3.63) is 71.4 Å². The van der Waals surface area contributed by atoms with Crippen LogP contribution in [0.15, 0.2) is 55.0 Å².